The van der Waals surface area contributed by atoms with Crippen molar-refractivity contribution in [2.24, 2.45) is 0 Å². The van der Waals surface area contributed by atoms with Crippen LogP contribution in [0.2, 0.25) is 0 Å². The Bertz CT molecular complexity index is 262. The SMILES string of the molecule is CNc1cccc(CCl)c1C=N. The van der Waals surface area contributed by atoms with Crippen LogP contribution in [0.5, 0.6) is 0 Å². The van der Waals surface area contributed by atoms with E-state index >= 15 is 0 Å². The lowest BCUT2D eigenvalue weighted by atomic mass is 10.1. The van der Waals surface area contributed by atoms with E-state index in [0.717, 1.165) is 16.8 Å². The quantitative estimate of drug-likeness (QED) is 0.547. The van der Waals surface area contributed by atoms with E-state index in [2.05, 4.69) is 5.32 Å². The Balaban J connectivity index is 3.21. The van der Waals surface area contributed by atoms with Gasteiger partial charge in [0.25, 0.3) is 0 Å². The summed E-state index contributed by atoms with van der Waals surface area (Å²) in [5, 5.41) is 10.2. The van der Waals surface area contributed by atoms with Crippen molar-refractivity contribution in [2.75, 3.05) is 12.4 Å². The minimum Gasteiger partial charge on any atom is -0.388 e. The fraction of sp³-hybridized carbons (Fsp3) is 0.222. The summed E-state index contributed by atoms with van der Waals surface area (Å²) in [6.07, 6.45) is 1.32. The van der Waals surface area contributed by atoms with Gasteiger partial charge in [-0.05, 0) is 11.6 Å². The summed E-state index contributed by atoms with van der Waals surface area (Å²) in [6, 6.07) is 5.78. The number of hydrogen-bond acceptors (Lipinski definition) is 2. The van der Waals surface area contributed by atoms with Gasteiger partial charge >= 0.3 is 0 Å². The van der Waals surface area contributed by atoms with E-state index in [1.165, 1.54) is 6.21 Å². The van der Waals surface area contributed by atoms with E-state index in [-0.39, 0.29) is 0 Å². The highest BCUT2D eigenvalue weighted by Gasteiger charge is 2.02. The molecule has 0 aliphatic heterocycles. The first kappa shape index (κ1) is 9.07. The molecule has 0 aliphatic rings. The van der Waals surface area contributed by atoms with Crippen LogP contribution in [0.25, 0.3) is 0 Å². The van der Waals surface area contributed by atoms with Crippen LogP contribution in [0.15, 0.2) is 18.2 Å². The molecule has 0 fully saturated rings. The van der Waals surface area contributed by atoms with Gasteiger partial charge in [-0.25, -0.2) is 0 Å². The van der Waals surface area contributed by atoms with E-state index < -0.39 is 0 Å². The summed E-state index contributed by atoms with van der Waals surface area (Å²) < 4.78 is 0. The Labute approximate surface area is 77.1 Å². The molecule has 0 amide bonds. The lowest BCUT2D eigenvalue weighted by Gasteiger charge is -2.07. The molecular formula is C9H11ClN2. The zero-order chi connectivity index (χ0) is 8.97. The summed E-state index contributed by atoms with van der Waals surface area (Å²) in [6.45, 7) is 0. The normalized spacial score (nSPS) is 9.50. The van der Waals surface area contributed by atoms with Crippen LogP contribution >= 0.6 is 11.6 Å². The fourth-order valence-electron chi connectivity index (χ4n) is 1.12. The maximum absolute atomic E-state index is 7.21. The van der Waals surface area contributed by atoms with Crippen molar-refractivity contribution in [1.29, 1.82) is 5.41 Å². The molecular weight excluding hydrogens is 172 g/mol. The predicted molar refractivity (Wildman–Crippen MR) is 53.4 cm³/mol. The first-order valence-corrected chi connectivity index (χ1v) is 4.23. The third-order valence-electron chi connectivity index (χ3n) is 1.75. The van der Waals surface area contributed by atoms with Gasteiger partial charge in [0.05, 0.1) is 0 Å². The highest BCUT2D eigenvalue weighted by molar-refractivity contribution is 6.17. The molecule has 0 bridgehead atoms. The summed E-state index contributed by atoms with van der Waals surface area (Å²) in [4.78, 5) is 0. The summed E-state index contributed by atoms with van der Waals surface area (Å²) in [5.74, 6) is 0.445. The molecule has 2 nitrogen and oxygen atoms in total. The van der Waals surface area contributed by atoms with Gasteiger partial charge in [-0.15, -0.1) is 11.6 Å². The van der Waals surface area contributed by atoms with Gasteiger partial charge in [-0.3, -0.25) is 0 Å². The molecule has 0 unspecified atom stereocenters. The molecule has 2 N–H and O–H groups in total. The van der Waals surface area contributed by atoms with Gasteiger partial charge in [-0.2, -0.15) is 0 Å². The molecule has 0 aromatic heterocycles. The summed E-state index contributed by atoms with van der Waals surface area (Å²) in [5.41, 5.74) is 2.80. The van der Waals surface area contributed by atoms with Crippen LogP contribution in [-0.2, 0) is 5.88 Å². The van der Waals surface area contributed by atoms with Gasteiger partial charge < -0.3 is 10.7 Å². The van der Waals surface area contributed by atoms with Crippen molar-refractivity contribution < 1.29 is 0 Å². The molecule has 0 saturated carbocycles. The standard InChI is InChI=1S/C9H11ClN2/c1-12-9-4-2-3-7(5-10)8(9)6-11/h2-4,6,11-12H,5H2,1H3. The third-order valence-corrected chi connectivity index (χ3v) is 2.04. The number of nitrogens with one attached hydrogen (secondary N) is 2. The van der Waals surface area contributed by atoms with Crippen molar-refractivity contribution in [2.45, 2.75) is 5.88 Å². The zero-order valence-electron chi connectivity index (χ0n) is 6.89. The smallest absolute Gasteiger partial charge is 0.0481 e. The lowest BCUT2D eigenvalue weighted by molar-refractivity contribution is 1.35. The van der Waals surface area contributed by atoms with Crippen LogP contribution < -0.4 is 5.32 Å². The Kier molecular flexibility index (Phi) is 3.11. The molecule has 12 heavy (non-hydrogen) atoms. The Morgan fingerprint density at radius 3 is 2.83 bits per heavy atom. The number of benzene rings is 1. The van der Waals surface area contributed by atoms with Crippen LogP contribution in [0.3, 0.4) is 0 Å². The molecule has 0 radical (unpaired) electrons. The van der Waals surface area contributed by atoms with Crippen molar-refractivity contribution in [1.82, 2.24) is 0 Å². The molecule has 3 heteroatoms. The van der Waals surface area contributed by atoms with Crippen LogP contribution in [0, 0.1) is 5.41 Å². The number of rotatable bonds is 3. The number of halogens is 1. The fourth-order valence-corrected chi connectivity index (χ4v) is 1.35. The highest BCUT2D eigenvalue weighted by Crippen LogP contribution is 2.18. The zero-order valence-corrected chi connectivity index (χ0v) is 7.65. The molecule has 64 valence electrons. The van der Waals surface area contributed by atoms with E-state index in [0.29, 0.717) is 5.88 Å². The number of hydrogen-bond donors (Lipinski definition) is 2. The highest BCUT2D eigenvalue weighted by atomic mass is 35.5. The second kappa shape index (κ2) is 4.12. The van der Waals surface area contributed by atoms with Crippen molar-refractivity contribution in [3.8, 4) is 0 Å². The topological polar surface area (TPSA) is 35.9 Å². The van der Waals surface area contributed by atoms with Gasteiger partial charge in [0.15, 0.2) is 0 Å². The molecule has 1 aromatic rings. The lowest BCUT2D eigenvalue weighted by Crippen LogP contribution is -1.97. The van der Waals surface area contributed by atoms with Gasteiger partial charge in [0.2, 0.25) is 0 Å². The summed E-state index contributed by atoms with van der Waals surface area (Å²) in [7, 11) is 1.83. The van der Waals surface area contributed by atoms with Gasteiger partial charge in [0.1, 0.15) is 0 Å². The average molecular weight is 183 g/mol. The molecule has 0 aliphatic carbocycles. The Hall–Kier alpha value is -1.02. The van der Waals surface area contributed by atoms with Crippen molar-refractivity contribution in [3.05, 3.63) is 29.3 Å². The van der Waals surface area contributed by atoms with Crippen molar-refractivity contribution in [3.63, 3.8) is 0 Å². The van der Waals surface area contributed by atoms with Gasteiger partial charge in [0, 0.05) is 30.4 Å². The second-order valence-electron chi connectivity index (χ2n) is 2.41. The molecule has 1 rings (SSSR count). The molecule has 0 saturated heterocycles. The largest absolute Gasteiger partial charge is 0.388 e. The number of alkyl halides is 1. The average Bonchev–Trinajstić information content (AvgIpc) is 2.16. The van der Waals surface area contributed by atoms with Crippen molar-refractivity contribution >= 4 is 23.5 Å². The monoisotopic (exact) mass is 182 g/mol. The Morgan fingerprint density at radius 2 is 2.33 bits per heavy atom. The molecule has 0 heterocycles. The third kappa shape index (κ3) is 1.59. The minimum absolute atomic E-state index is 0.445. The summed E-state index contributed by atoms with van der Waals surface area (Å²) >= 11 is 5.71. The first-order valence-electron chi connectivity index (χ1n) is 3.69. The maximum Gasteiger partial charge on any atom is 0.0481 e. The molecule has 1 aromatic carbocycles. The van der Waals surface area contributed by atoms with E-state index in [4.69, 9.17) is 17.0 Å². The second-order valence-corrected chi connectivity index (χ2v) is 2.67. The molecule has 0 spiro atoms. The number of anilines is 1. The van der Waals surface area contributed by atoms with Crippen LogP contribution in [0.4, 0.5) is 5.69 Å². The minimum atomic E-state index is 0.445. The molecule has 0 atom stereocenters. The van der Waals surface area contributed by atoms with Gasteiger partial charge in [-0.1, -0.05) is 12.1 Å². The Morgan fingerprint density at radius 1 is 1.58 bits per heavy atom. The van der Waals surface area contributed by atoms with E-state index in [9.17, 15) is 0 Å². The maximum atomic E-state index is 7.21. The first-order chi connectivity index (χ1) is 5.83. The predicted octanol–water partition coefficient (Wildman–Crippen LogP) is 2.46. The van der Waals surface area contributed by atoms with Crippen LogP contribution in [0.1, 0.15) is 11.1 Å². The van der Waals surface area contributed by atoms with Crippen LogP contribution in [-0.4, -0.2) is 13.3 Å². The van der Waals surface area contributed by atoms with E-state index in [1.54, 1.807) is 0 Å². The van der Waals surface area contributed by atoms with E-state index in [1.807, 2.05) is 25.2 Å².